The molecule has 1 unspecified atom stereocenters. The summed E-state index contributed by atoms with van der Waals surface area (Å²) >= 11 is 0. The Hall–Kier alpha value is -1.26. The van der Waals surface area contributed by atoms with Crippen LogP contribution in [0.1, 0.15) is 19.4 Å². The highest BCUT2D eigenvalue weighted by atomic mass is 16.7. The number of nitrogens with zero attached hydrogens (tertiary/aromatic N) is 1. The second-order valence-electron chi connectivity index (χ2n) is 5.68. The topological polar surface area (TPSA) is 33.7 Å². The van der Waals surface area contributed by atoms with Gasteiger partial charge in [-0.3, -0.25) is 0 Å². The summed E-state index contributed by atoms with van der Waals surface area (Å²) in [7, 11) is 4.22. The summed E-state index contributed by atoms with van der Waals surface area (Å²) in [5, 5.41) is 3.62. The first kappa shape index (κ1) is 14.2. The lowest BCUT2D eigenvalue weighted by molar-refractivity contribution is 0.174. The van der Waals surface area contributed by atoms with E-state index in [0.717, 1.165) is 24.6 Å². The molecule has 1 N–H and O–H groups in total. The molecule has 1 atom stereocenters. The molecule has 1 aliphatic heterocycles. The lowest BCUT2D eigenvalue weighted by Gasteiger charge is -2.25. The molecule has 0 radical (unpaired) electrons. The van der Waals surface area contributed by atoms with Crippen molar-refractivity contribution in [3.05, 3.63) is 23.8 Å². The molecule has 1 aliphatic rings. The molecule has 0 saturated carbocycles. The molecule has 0 amide bonds. The number of benzene rings is 1. The number of hydrogen-bond donors (Lipinski definition) is 1. The Balaban J connectivity index is 1.93. The number of fused-ring (bicyclic) bond motifs is 1. The molecule has 4 heteroatoms. The van der Waals surface area contributed by atoms with E-state index in [2.05, 4.69) is 50.3 Å². The van der Waals surface area contributed by atoms with Crippen molar-refractivity contribution in [1.29, 1.82) is 0 Å². The number of hydrogen-bond acceptors (Lipinski definition) is 4. The fourth-order valence-electron chi connectivity index (χ4n) is 2.20. The van der Waals surface area contributed by atoms with Crippen molar-refractivity contribution in [2.45, 2.75) is 26.4 Å². The number of likely N-dealkylation sites (N-methyl/N-ethyl adjacent to an activating group) is 1. The Bertz CT molecular complexity index is 419. The number of rotatable bonds is 6. The van der Waals surface area contributed by atoms with Gasteiger partial charge in [-0.05, 0) is 37.7 Å². The largest absolute Gasteiger partial charge is 0.454 e. The summed E-state index contributed by atoms with van der Waals surface area (Å²) in [6, 6.07) is 6.62. The van der Waals surface area contributed by atoms with Gasteiger partial charge in [0.05, 0.1) is 0 Å². The third-order valence-electron chi connectivity index (χ3n) is 3.37. The van der Waals surface area contributed by atoms with E-state index in [4.69, 9.17) is 9.47 Å². The summed E-state index contributed by atoms with van der Waals surface area (Å²) in [5.41, 5.74) is 1.23. The van der Waals surface area contributed by atoms with Crippen LogP contribution in [0.2, 0.25) is 0 Å². The summed E-state index contributed by atoms with van der Waals surface area (Å²) in [4.78, 5) is 2.22. The van der Waals surface area contributed by atoms with Gasteiger partial charge in [-0.25, -0.2) is 0 Å². The molecule has 0 spiro atoms. The average Bonchev–Trinajstić information content (AvgIpc) is 2.80. The van der Waals surface area contributed by atoms with Crippen molar-refractivity contribution in [3.8, 4) is 11.5 Å². The standard InChI is InChI=1S/C15H24N2O2/c1-11(2)13(9-17(3)4)16-8-12-5-6-14-15(7-12)19-10-18-14/h5-7,11,13,16H,8-10H2,1-4H3. The first-order valence-electron chi connectivity index (χ1n) is 6.83. The molecule has 106 valence electrons. The molecule has 1 aromatic carbocycles. The number of nitrogens with one attached hydrogen (secondary N) is 1. The maximum atomic E-state index is 5.40. The van der Waals surface area contributed by atoms with Crippen molar-refractivity contribution >= 4 is 0 Å². The van der Waals surface area contributed by atoms with Crippen LogP contribution in [0.4, 0.5) is 0 Å². The van der Waals surface area contributed by atoms with Crippen LogP contribution in [-0.4, -0.2) is 38.4 Å². The molecule has 1 heterocycles. The van der Waals surface area contributed by atoms with E-state index < -0.39 is 0 Å². The van der Waals surface area contributed by atoms with E-state index in [1.165, 1.54) is 5.56 Å². The monoisotopic (exact) mass is 264 g/mol. The van der Waals surface area contributed by atoms with E-state index in [-0.39, 0.29) is 0 Å². The summed E-state index contributed by atoms with van der Waals surface area (Å²) in [5.74, 6) is 2.31. The molecule has 0 aromatic heterocycles. The Morgan fingerprint density at radius 2 is 1.95 bits per heavy atom. The number of ether oxygens (including phenoxy) is 2. The molecule has 0 fully saturated rings. The fourth-order valence-corrected chi connectivity index (χ4v) is 2.20. The normalized spacial score (nSPS) is 15.3. The van der Waals surface area contributed by atoms with Crippen molar-refractivity contribution in [2.24, 2.45) is 5.92 Å². The van der Waals surface area contributed by atoms with Gasteiger partial charge in [0.2, 0.25) is 6.79 Å². The Morgan fingerprint density at radius 1 is 1.21 bits per heavy atom. The third kappa shape index (κ3) is 3.85. The zero-order chi connectivity index (χ0) is 13.8. The Labute approximate surface area is 115 Å². The highest BCUT2D eigenvalue weighted by molar-refractivity contribution is 5.44. The van der Waals surface area contributed by atoms with Crippen LogP contribution in [0.5, 0.6) is 11.5 Å². The Kier molecular flexibility index (Phi) is 4.66. The van der Waals surface area contributed by atoms with Gasteiger partial charge in [-0.15, -0.1) is 0 Å². The molecular formula is C15H24N2O2. The van der Waals surface area contributed by atoms with Gasteiger partial charge in [0.25, 0.3) is 0 Å². The van der Waals surface area contributed by atoms with Crippen molar-refractivity contribution < 1.29 is 9.47 Å². The zero-order valence-corrected chi connectivity index (χ0v) is 12.3. The van der Waals surface area contributed by atoms with E-state index in [9.17, 15) is 0 Å². The van der Waals surface area contributed by atoms with Gasteiger partial charge >= 0.3 is 0 Å². The van der Waals surface area contributed by atoms with Crippen LogP contribution in [0, 0.1) is 5.92 Å². The lowest BCUT2D eigenvalue weighted by atomic mass is 10.0. The fraction of sp³-hybridized carbons (Fsp3) is 0.600. The van der Waals surface area contributed by atoms with Crippen molar-refractivity contribution in [2.75, 3.05) is 27.4 Å². The first-order valence-corrected chi connectivity index (χ1v) is 6.83. The summed E-state index contributed by atoms with van der Waals surface area (Å²) in [6.45, 7) is 6.73. The van der Waals surface area contributed by atoms with E-state index in [0.29, 0.717) is 18.8 Å². The van der Waals surface area contributed by atoms with E-state index in [1.807, 2.05) is 6.07 Å². The minimum absolute atomic E-state index is 0.335. The van der Waals surface area contributed by atoms with Crippen molar-refractivity contribution in [1.82, 2.24) is 10.2 Å². The minimum Gasteiger partial charge on any atom is -0.454 e. The predicted octanol–water partition coefficient (Wildman–Crippen LogP) is 2.09. The average molecular weight is 264 g/mol. The summed E-state index contributed by atoms with van der Waals surface area (Å²) in [6.07, 6.45) is 0. The van der Waals surface area contributed by atoms with Crippen LogP contribution >= 0.6 is 0 Å². The molecule has 19 heavy (non-hydrogen) atoms. The van der Waals surface area contributed by atoms with E-state index >= 15 is 0 Å². The van der Waals surface area contributed by atoms with Crippen LogP contribution in [0.15, 0.2) is 18.2 Å². The van der Waals surface area contributed by atoms with Crippen LogP contribution in [-0.2, 0) is 6.54 Å². The van der Waals surface area contributed by atoms with Crippen molar-refractivity contribution in [3.63, 3.8) is 0 Å². The Morgan fingerprint density at radius 3 is 2.63 bits per heavy atom. The lowest BCUT2D eigenvalue weighted by Crippen LogP contribution is -2.41. The molecular weight excluding hydrogens is 240 g/mol. The molecule has 0 aliphatic carbocycles. The van der Waals surface area contributed by atoms with Crippen LogP contribution < -0.4 is 14.8 Å². The van der Waals surface area contributed by atoms with E-state index in [1.54, 1.807) is 0 Å². The second kappa shape index (κ2) is 6.26. The highest BCUT2D eigenvalue weighted by Crippen LogP contribution is 2.32. The minimum atomic E-state index is 0.335. The maximum absolute atomic E-state index is 5.40. The molecule has 0 saturated heterocycles. The van der Waals surface area contributed by atoms with Crippen LogP contribution in [0.3, 0.4) is 0 Å². The molecule has 1 aromatic rings. The predicted molar refractivity (Wildman–Crippen MR) is 76.6 cm³/mol. The molecule has 4 nitrogen and oxygen atoms in total. The van der Waals surface area contributed by atoms with Gasteiger partial charge in [0.1, 0.15) is 0 Å². The second-order valence-corrected chi connectivity index (χ2v) is 5.68. The van der Waals surface area contributed by atoms with Gasteiger partial charge < -0.3 is 19.7 Å². The van der Waals surface area contributed by atoms with Gasteiger partial charge in [-0.2, -0.15) is 0 Å². The summed E-state index contributed by atoms with van der Waals surface area (Å²) < 4.78 is 10.7. The van der Waals surface area contributed by atoms with Crippen LogP contribution in [0.25, 0.3) is 0 Å². The smallest absolute Gasteiger partial charge is 0.231 e. The third-order valence-corrected chi connectivity index (χ3v) is 3.37. The maximum Gasteiger partial charge on any atom is 0.231 e. The quantitative estimate of drug-likeness (QED) is 0.853. The SMILES string of the molecule is CC(C)C(CN(C)C)NCc1ccc2c(c1)OCO2. The highest BCUT2D eigenvalue weighted by Gasteiger charge is 2.16. The van der Waals surface area contributed by atoms with Gasteiger partial charge in [0, 0.05) is 19.1 Å². The van der Waals surface area contributed by atoms with Gasteiger partial charge in [-0.1, -0.05) is 19.9 Å². The first-order chi connectivity index (χ1) is 9.06. The molecule has 0 bridgehead atoms. The van der Waals surface area contributed by atoms with Gasteiger partial charge in [0.15, 0.2) is 11.5 Å². The zero-order valence-electron chi connectivity index (χ0n) is 12.3. The molecule has 2 rings (SSSR count).